The van der Waals surface area contributed by atoms with Gasteiger partial charge in [-0.25, -0.2) is 0 Å². The van der Waals surface area contributed by atoms with Gasteiger partial charge in [0.05, 0.1) is 18.1 Å². The Bertz CT molecular complexity index is 285. The van der Waals surface area contributed by atoms with Crippen LogP contribution >= 0.6 is 0 Å². The van der Waals surface area contributed by atoms with Gasteiger partial charge in [0.25, 0.3) is 0 Å². The van der Waals surface area contributed by atoms with E-state index < -0.39 is 0 Å². The van der Waals surface area contributed by atoms with Gasteiger partial charge in [-0.2, -0.15) is 0 Å². The van der Waals surface area contributed by atoms with Crippen molar-refractivity contribution in [1.82, 2.24) is 10.2 Å². The van der Waals surface area contributed by atoms with Crippen LogP contribution in [-0.2, 0) is 4.79 Å². The standard InChI is InChI=1S/C13H24N2O2/c1-10(2)13(5-6-14-9-13)12(17)15-7-3-4-11(15)8-16/h10-11,14,16H,3-9H2,1-2H3. The van der Waals surface area contributed by atoms with E-state index in [9.17, 15) is 9.90 Å². The minimum absolute atomic E-state index is 0.0544. The van der Waals surface area contributed by atoms with Crippen molar-refractivity contribution in [3.05, 3.63) is 0 Å². The number of likely N-dealkylation sites (tertiary alicyclic amines) is 1. The minimum atomic E-state index is -0.238. The summed E-state index contributed by atoms with van der Waals surface area (Å²) in [6.07, 6.45) is 2.90. The van der Waals surface area contributed by atoms with Gasteiger partial charge in [0.2, 0.25) is 5.91 Å². The monoisotopic (exact) mass is 240 g/mol. The molecule has 2 saturated heterocycles. The Labute approximate surface area is 103 Å². The van der Waals surface area contributed by atoms with Gasteiger partial charge in [0, 0.05) is 13.1 Å². The molecule has 4 heteroatoms. The molecule has 2 unspecified atom stereocenters. The Hall–Kier alpha value is -0.610. The molecule has 0 radical (unpaired) electrons. The predicted molar refractivity (Wildman–Crippen MR) is 66.6 cm³/mol. The van der Waals surface area contributed by atoms with Crippen LogP contribution in [0.2, 0.25) is 0 Å². The summed E-state index contributed by atoms with van der Waals surface area (Å²) in [6.45, 7) is 6.91. The van der Waals surface area contributed by atoms with Crippen LogP contribution < -0.4 is 5.32 Å². The largest absolute Gasteiger partial charge is 0.394 e. The third-order valence-corrected chi connectivity index (χ3v) is 4.57. The maximum absolute atomic E-state index is 12.8. The van der Waals surface area contributed by atoms with Crippen LogP contribution in [0, 0.1) is 11.3 Å². The van der Waals surface area contributed by atoms with Crippen LogP contribution in [0.1, 0.15) is 33.1 Å². The molecule has 4 nitrogen and oxygen atoms in total. The topological polar surface area (TPSA) is 52.6 Å². The van der Waals surface area contributed by atoms with E-state index >= 15 is 0 Å². The lowest BCUT2D eigenvalue weighted by atomic mass is 9.75. The number of aliphatic hydroxyl groups is 1. The van der Waals surface area contributed by atoms with Gasteiger partial charge < -0.3 is 15.3 Å². The molecule has 2 atom stereocenters. The van der Waals surface area contributed by atoms with Crippen LogP contribution in [0.4, 0.5) is 0 Å². The van der Waals surface area contributed by atoms with Crippen LogP contribution in [0.3, 0.4) is 0 Å². The van der Waals surface area contributed by atoms with Crippen molar-refractivity contribution in [2.75, 3.05) is 26.2 Å². The molecule has 0 saturated carbocycles. The quantitative estimate of drug-likeness (QED) is 0.760. The smallest absolute Gasteiger partial charge is 0.230 e. The van der Waals surface area contributed by atoms with E-state index in [1.165, 1.54) is 0 Å². The molecular formula is C13H24N2O2. The fourth-order valence-electron chi connectivity index (χ4n) is 3.21. The van der Waals surface area contributed by atoms with Gasteiger partial charge in [-0.3, -0.25) is 4.79 Å². The van der Waals surface area contributed by atoms with Gasteiger partial charge in [-0.15, -0.1) is 0 Å². The minimum Gasteiger partial charge on any atom is -0.394 e. The number of hydrogen-bond donors (Lipinski definition) is 2. The molecule has 0 bridgehead atoms. The summed E-state index contributed by atoms with van der Waals surface area (Å²) < 4.78 is 0. The molecule has 1 amide bonds. The molecule has 0 aromatic carbocycles. The molecule has 17 heavy (non-hydrogen) atoms. The number of hydrogen-bond acceptors (Lipinski definition) is 3. The van der Waals surface area contributed by atoms with E-state index in [0.717, 1.165) is 38.9 Å². The summed E-state index contributed by atoms with van der Waals surface area (Å²) in [4.78, 5) is 14.7. The van der Waals surface area contributed by atoms with Gasteiger partial charge in [-0.05, 0) is 31.7 Å². The van der Waals surface area contributed by atoms with E-state index in [2.05, 4.69) is 19.2 Å². The van der Waals surface area contributed by atoms with Crippen LogP contribution in [0.5, 0.6) is 0 Å². The second-order valence-electron chi connectivity index (χ2n) is 5.71. The zero-order valence-electron chi connectivity index (χ0n) is 10.9. The Morgan fingerprint density at radius 1 is 1.59 bits per heavy atom. The van der Waals surface area contributed by atoms with Gasteiger partial charge in [-0.1, -0.05) is 13.8 Å². The average molecular weight is 240 g/mol. The van der Waals surface area contributed by atoms with Gasteiger partial charge >= 0.3 is 0 Å². The fourth-order valence-corrected chi connectivity index (χ4v) is 3.21. The highest BCUT2D eigenvalue weighted by atomic mass is 16.3. The van der Waals surface area contributed by atoms with Crippen molar-refractivity contribution in [2.45, 2.75) is 39.2 Å². The SMILES string of the molecule is CC(C)C1(C(=O)N2CCCC2CO)CCNC1. The van der Waals surface area contributed by atoms with Crippen molar-refractivity contribution < 1.29 is 9.90 Å². The summed E-state index contributed by atoms with van der Waals surface area (Å²) >= 11 is 0. The van der Waals surface area contributed by atoms with Crippen LogP contribution in [-0.4, -0.2) is 48.2 Å². The van der Waals surface area contributed by atoms with E-state index in [0.29, 0.717) is 5.92 Å². The number of aliphatic hydroxyl groups excluding tert-OH is 1. The summed E-state index contributed by atoms with van der Waals surface area (Å²) in [7, 11) is 0. The number of amides is 1. The Balaban J connectivity index is 2.17. The molecule has 2 rings (SSSR count). The molecule has 2 fully saturated rings. The first-order chi connectivity index (χ1) is 8.12. The van der Waals surface area contributed by atoms with Crippen LogP contribution in [0.25, 0.3) is 0 Å². The summed E-state index contributed by atoms with van der Waals surface area (Å²) in [5.41, 5.74) is -0.238. The van der Waals surface area contributed by atoms with Crippen molar-refractivity contribution in [3.8, 4) is 0 Å². The fraction of sp³-hybridized carbons (Fsp3) is 0.923. The second-order valence-corrected chi connectivity index (χ2v) is 5.71. The highest BCUT2D eigenvalue weighted by molar-refractivity contribution is 5.84. The number of rotatable bonds is 3. The van der Waals surface area contributed by atoms with E-state index in [1.54, 1.807) is 0 Å². The van der Waals surface area contributed by atoms with Crippen LogP contribution in [0.15, 0.2) is 0 Å². The second kappa shape index (κ2) is 4.94. The lowest BCUT2D eigenvalue weighted by Gasteiger charge is -2.37. The van der Waals surface area contributed by atoms with Gasteiger partial charge in [0.1, 0.15) is 0 Å². The van der Waals surface area contributed by atoms with E-state index in [1.807, 2.05) is 4.90 Å². The molecule has 2 aliphatic heterocycles. The molecule has 0 aromatic rings. The predicted octanol–water partition coefficient (Wildman–Crippen LogP) is 0.605. The van der Waals surface area contributed by atoms with Crippen molar-refractivity contribution in [3.63, 3.8) is 0 Å². The zero-order valence-corrected chi connectivity index (χ0v) is 10.9. The number of nitrogens with zero attached hydrogens (tertiary/aromatic N) is 1. The lowest BCUT2D eigenvalue weighted by Crippen LogP contribution is -2.50. The zero-order chi connectivity index (χ0) is 12.5. The van der Waals surface area contributed by atoms with Crippen molar-refractivity contribution >= 4 is 5.91 Å². The molecule has 2 aliphatic rings. The highest BCUT2D eigenvalue weighted by Crippen LogP contribution is 2.38. The summed E-state index contributed by atoms with van der Waals surface area (Å²) in [5, 5.41) is 12.7. The average Bonchev–Trinajstić information content (AvgIpc) is 2.97. The molecule has 0 aliphatic carbocycles. The maximum atomic E-state index is 12.8. The summed E-state index contributed by atoms with van der Waals surface area (Å²) in [5.74, 6) is 0.610. The maximum Gasteiger partial charge on any atom is 0.230 e. The first kappa shape index (κ1) is 12.8. The first-order valence-corrected chi connectivity index (χ1v) is 6.74. The van der Waals surface area contributed by atoms with E-state index in [-0.39, 0.29) is 24.0 Å². The molecule has 0 aromatic heterocycles. The first-order valence-electron chi connectivity index (χ1n) is 6.74. The Morgan fingerprint density at radius 3 is 2.88 bits per heavy atom. The normalized spacial score (nSPS) is 33.6. The van der Waals surface area contributed by atoms with Crippen molar-refractivity contribution in [1.29, 1.82) is 0 Å². The molecule has 2 N–H and O–H groups in total. The Morgan fingerprint density at radius 2 is 2.35 bits per heavy atom. The number of nitrogens with one attached hydrogen (secondary N) is 1. The van der Waals surface area contributed by atoms with Crippen molar-refractivity contribution in [2.24, 2.45) is 11.3 Å². The lowest BCUT2D eigenvalue weighted by molar-refractivity contribution is -0.145. The van der Waals surface area contributed by atoms with Gasteiger partial charge in [0.15, 0.2) is 0 Å². The molecular weight excluding hydrogens is 216 g/mol. The van der Waals surface area contributed by atoms with E-state index in [4.69, 9.17) is 0 Å². The number of carbonyl (C=O) groups excluding carboxylic acids is 1. The molecule has 2 heterocycles. The Kier molecular flexibility index (Phi) is 3.73. The third kappa shape index (κ3) is 2.08. The third-order valence-electron chi connectivity index (χ3n) is 4.57. The highest BCUT2D eigenvalue weighted by Gasteiger charge is 2.47. The number of carbonyl (C=O) groups is 1. The molecule has 0 spiro atoms. The summed E-state index contributed by atoms with van der Waals surface area (Å²) in [6, 6.07) is 0.0544. The molecule has 98 valence electrons.